The van der Waals surface area contributed by atoms with E-state index in [9.17, 15) is 0 Å². The predicted octanol–water partition coefficient (Wildman–Crippen LogP) is 5.06. The van der Waals surface area contributed by atoms with Crippen LogP contribution in [-0.2, 0) is 5.54 Å². The highest BCUT2D eigenvalue weighted by atomic mass is 32.1. The summed E-state index contributed by atoms with van der Waals surface area (Å²) in [6.45, 7) is 0. The van der Waals surface area contributed by atoms with Gasteiger partial charge in [-0.05, 0) is 40.0 Å². The lowest BCUT2D eigenvalue weighted by Crippen LogP contribution is -2.24. The van der Waals surface area contributed by atoms with Gasteiger partial charge in [0.15, 0.2) is 0 Å². The van der Waals surface area contributed by atoms with Gasteiger partial charge in [-0.25, -0.2) is 4.99 Å². The maximum atomic E-state index is 5.00. The Morgan fingerprint density at radius 3 is 1.73 bits per heavy atom. The van der Waals surface area contributed by atoms with E-state index in [1.165, 1.54) is 22.3 Å². The van der Waals surface area contributed by atoms with Crippen LogP contribution in [0, 0.1) is 0 Å². The number of isothiocyanates is 1. The van der Waals surface area contributed by atoms with Crippen molar-refractivity contribution < 1.29 is 0 Å². The van der Waals surface area contributed by atoms with Gasteiger partial charge in [0.1, 0.15) is 5.54 Å². The summed E-state index contributed by atoms with van der Waals surface area (Å²) in [5, 5.41) is 2.64. The van der Waals surface area contributed by atoms with E-state index in [1.54, 1.807) is 0 Å². The zero-order valence-electron chi connectivity index (χ0n) is 11.9. The Kier molecular flexibility index (Phi) is 3.00. The molecule has 0 saturated heterocycles. The molecule has 0 amide bonds. The molecular formula is C20H13NS. The van der Waals surface area contributed by atoms with Gasteiger partial charge in [0, 0.05) is 0 Å². The van der Waals surface area contributed by atoms with Gasteiger partial charge in [0.25, 0.3) is 0 Å². The molecule has 0 aromatic heterocycles. The Bertz CT molecular complexity index is 847. The van der Waals surface area contributed by atoms with Crippen molar-refractivity contribution in [1.29, 1.82) is 0 Å². The van der Waals surface area contributed by atoms with Gasteiger partial charge in [-0.15, -0.1) is 0 Å². The molecule has 0 aliphatic heterocycles. The molecule has 0 fully saturated rings. The number of fused-ring (bicyclic) bond motifs is 3. The minimum atomic E-state index is -0.587. The molecule has 0 N–H and O–H groups in total. The standard InChI is InChI=1S/C20H13NS/c22-14-21-20(15-8-2-1-3-9-15)18-12-6-4-10-16(18)17-11-5-7-13-19(17)20/h1-13H. The largest absolute Gasteiger partial charge is 0.211 e. The van der Waals surface area contributed by atoms with Crippen LogP contribution in [-0.4, -0.2) is 5.16 Å². The van der Waals surface area contributed by atoms with E-state index >= 15 is 0 Å². The molecule has 0 spiro atoms. The average molecular weight is 299 g/mol. The first-order valence-electron chi connectivity index (χ1n) is 7.22. The van der Waals surface area contributed by atoms with Crippen molar-refractivity contribution in [3.05, 3.63) is 95.6 Å². The molecule has 0 saturated carbocycles. The van der Waals surface area contributed by atoms with E-state index in [1.807, 2.05) is 18.2 Å². The molecule has 3 aromatic rings. The van der Waals surface area contributed by atoms with Gasteiger partial charge in [-0.3, -0.25) is 0 Å². The minimum Gasteiger partial charge on any atom is -0.211 e. The summed E-state index contributed by atoms with van der Waals surface area (Å²) in [6, 6.07) is 27.1. The Labute approximate surface area is 135 Å². The second-order valence-corrected chi connectivity index (χ2v) is 5.55. The molecule has 0 heterocycles. The third-order valence-electron chi connectivity index (χ3n) is 4.33. The molecule has 0 unspecified atom stereocenters. The van der Waals surface area contributed by atoms with Crippen LogP contribution >= 0.6 is 12.2 Å². The molecule has 22 heavy (non-hydrogen) atoms. The van der Waals surface area contributed by atoms with E-state index in [4.69, 9.17) is 12.2 Å². The van der Waals surface area contributed by atoms with Crippen molar-refractivity contribution in [2.45, 2.75) is 5.54 Å². The summed E-state index contributed by atoms with van der Waals surface area (Å²) in [6.07, 6.45) is 0. The Hall–Kier alpha value is -2.54. The van der Waals surface area contributed by atoms with Crippen LogP contribution in [0.3, 0.4) is 0 Å². The van der Waals surface area contributed by atoms with Gasteiger partial charge in [-0.1, -0.05) is 78.9 Å². The van der Waals surface area contributed by atoms with Crippen molar-refractivity contribution in [2.24, 2.45) is 4.99 Å². The molecular weight excluding hydrogens is 286 g/mol. The van der Waals surface area contributed by atoms with Crippen LogP contribution in [0.4, 0.5) is 0 Å². The van der Waals surface area contributed by atoms with Gasteiger partial charge in [0.05, 0.1) is 5.16 Å². The van der Waals surface area contributed by atoms with Crippen LogP contribution in [0.1, 0.15) is 16.7 Å². The van der Waals surface area contributed by atoms with E-state index in [2.05, 4.69) is 70.8 Å². The first-order chi connectivity index (χ1) is 10.9. The molecule has 2 heteroatoms. The third kappa shape index (κ3) is 1.66. The van der Waals surface area contributed by atoms with Crippen molar-refractivity contribution in [1.82, 2.24) is 0 Å². The number of benzene rings is 3. The average Bonchev–Trinajstić information content (AvgIpc) is 2.88. The lowest BCUT2D eigenvalue weighted by Gasteiger charge is -2.27. The zero-order valence-corrected chi connectivity index (χ0v) is 12.7. The minimum absolute atomic E-state index is 0.587. The SMILES string of the molecule is S=C=NC1(c2ccccc2)c2ccccc2-c2ccccc21. The van der Waals surface area contributed by atoms with Gasteiger partial charge >= 0.3 is 0 Å². The first kappa shape index (κ1) is 13.1. The van der Waals surface area contributed by atoms with Crippen molar-refractivity contribution in [2.75, 3.05) is 0 Å². The van der Waals surface area contributed by atoms with Crippen LogP contribution in [0.2, 0.25) is 0 Å². The molecule has 3 aromatic carbocycles. The van der Waals surface area contributed by atoms with E-state index in [-0.39, 0.29) is 0 Å². The second-order valence-electron chi connectivity index (χ2n) is 5.37. The molecule has 4 rings (SSSR count). The van der Waals surface area contributed by atoms with Crippen LogP contribution in [0.25, 0.3) is 11.1 Å². The van der Waals surface area contributed by atoms with Gasteiger partial charge in [-0.2, -0.15) is 0 Å². The summed E-state index contributed by atoms with van der Waals surface area (Å²) in [7, 11) is 0. The maximum absolute atomic E-state index is 5.00. The molecule has 1 aliphatic carbocycles. The van der Waals surface area contributed by atoms with E-state index < -0.39 is 5.54 Å². The Balaban J connectivity index is 2.17. The maximum Gasteiger partial charge on any atom is 0.147 e. The topological polar surface area (TPSA) is 12.4 Å². The Morgan fingerprint density at radius 1 is 0.682 bits per heavy atom. The van der Waals surface area contributed by atoms with Gasteiger partial charge in [0.2, 0.25) is 0 Å². The lowest BCUT2D eigenvalue weighted by molar-refractivity contribution is 0.681. The number of nitrogens with zero attached hydrogens (tertiary/aromatic N) is 1. The fourth-order valence-electron chi connectivity index (χ4n) is 3.46. The number of thiocarbonyl (C=S) groups is 1. The second kappa shape index (κ2) is 5.03. The molecule has 0 radical (unpaired) electrons. The monoisotopic (exact) mass is 299 g/mol. The summed E-state index contributed by atoms with van der Waals surface area (Å²) in [4.78, 5) is 4.67. The highest BCUT2D eigenvalue weighted by Crippen LogP contribution is 2.52. The first-order valence-corrected chi connectivity index (χ1v) is 7.62. The molecule has 0 atom stereocenters. The van der Waals surface area contributed by atoms with Crippen LogP contribution in [0.5, 0.6) is 0 Å². The predicted molar refractivity (Wildman–Crippen MR) is 93.2 cm³/mol. The summed E-state index contributed by atoms with van der Waals surface area (Å²) in [5.74, 6) is 0. The lowest BCUT2D eigenvalue weighted by atomic mass is 9.81. The van der Waals surface area contributed by atoms with Crippen molar-refractivity contribution in [3.63, 3.8) is 0 Å². The highest BCUT2D eigenvalue weighted by Gasteiger charge is 2.44. The van der Waals surface area contributed by atoms with Gasteiger partial charge < -0.3 is 0 Å². The number of hydrogen-bond donors (Lipinski definition) is 0. The number of aliphatic imine (C=N–C) groups is 1. The summed E-state index contributed by atoms with van der Waals surface area (Å²) in [5.41, 5.74) is 5.30. The Morgan fingerprint density at radius 2 is 1.18 bits per heavy atom. The fraction of sp³-hybridized carbons (Fsp3) is 0.0500. The highest BCUT2D eigenvalue weighted by molar-refractivity contribution is 7.78. The summed E-state index contributed by atoms with van der Waals surface area (Å²) >= 11 is 5.00. The quantitative estimate of drug-likeness (QED) is 0.476. The fourth-order valence-corrected chi connectivity index (χ4v) is 3.59. The van der Waals surface area contributed by atoms with Crippen LogP contribution < -0.4 is 0 Å². The smallest absolute Gasteiger partial charge is 0.147 e. The van der Waals surface area contributed by atoms with Crippen molar-refractivity contribution >= 4 is 17.4 Å². The summed E-state index contributed by atoms with van der Waals surface area (Å²) < 4.78 is 0. The van der Waals surface area contributed by atoms with Crippen LogP contribution in [0.15, 0.2) is 83.9 Å². The zero-order chi connectivity index (χ0) is 15.0. The molecule has 0 bridgehead atoms. The van der Waals surface area contributed by atoms with Crippen molar-refractivity contribution in [3.8, 4) is 11.1 Å². The normalized spacial score (nSPS) is 13.8. The molecule has 1 aliphatic rings. The molecule has 1 nitrogen and oxygen atoms in total. The number of hydrogen-bond acceptors (Lipinski definition) is 2. The van der Waals surface area contributed by atoms with E-state index in [0.29, 0.717) is 0 Å². The third-order valence-corrected chi connectivity index (χ3v) is 4.42. The number of rotatable bonds is 2. The molecule has 104 valence electrons. The van der Waals surface area contributed by atoms with E-state index in [0.717, 1.165) is 5.56 Å².